The Hall–Kier alpha value is -0.640. The maximum atomic E-state index is 4.23. The second-order valence-electron chi connectivity index (χ2n) is 4.87. The first-order valence-corrected chi connectivity index (χ1v) is 6.68. The van der Waals surface area contributed by atoms with E-state index < -0.39 is 0 Å². The summed E-state index contributed by atoms with van der Waals surface area (Å²) in [5.74, 6) is 2.51. The van der Waals surface area contributed by atoms with E-state index in [0.29, 0.717) is 6.04 Å². The van der Waals surface area contributed by atoms with Crippen molar-refractivity contribution in [2.24, 2.45) is 11.8 Å². The predicted octanol–water partition coefficient (Wildman–Crippen LogP) is 3.48. The first-order valence-electron chi connectivity index (χ1n) is 5.89. The number of halogens is 1. The molecule has 1 aromatic rings. The highest BCUT2D eigenvalue weighted by Crippen LogP contribution is 2.30. The molecule has 0 amide bonds. The molecule has 0 saturated heterocycles. The third kappa shape index (κ3) is 2.94. The Bertz CT molecular complexity index is 356. The molecule has 16 heavy (non-hydrogen) atoms. The van der Waals surface area contributed by atoms with Crippen LogP contribution in [0, 0.1) is 11.8 Å². The monoisotopic (exact) mass is 283 g/mol. The Balaban J connectivity index is 1.99. The molecule has 2 rings (SSSR count). The molecule has 0 aromatic carbocycles. The van der Waals surface area contributed by atoms with Gasteiger partial charge in [-0.25, -0.2) is 9.97 Å². The smallest absolute Gasteiger partial charge is 0.130 e. The quantitative estimate of drug-likeness (QED) is 0.845. The summed E-state index contributed by atoms with van der Waals surface area (Å²) in [5, 5.41) is 3.51. The average Bonchev–Trinajstić information content (AvgIpc) is 2.22. The number of nitrogens with zero attached hydrogens (tertiary/aromatic N) is 2. The van der Waals surface area contributed by atoms with Crippen molar-refractivity contribution in [1.29, 1.82) is 0 Å². The molecule has 0 bridgehead atoms. The molecule has 1 aromatic heterocycles. The molecular formula is C12H18BrN3. The van der Waals surface area contributed by atoms with Crippen LogP contribution in [0.4, 0.5) is 5.82 Å². The topological polar surface area (TPSA) is 37.8 Å². The Morgan fingerprint density at radius 1 is 1.31 bits per heavy atom. The molecule has 3 unspecified atom stereocenters. The molecule has 1 aliphatic carbocycles. The Labute approximate surface area is 105 Å². The van der Waals surface area contributed by atoms with Crippen LogP contribution in [-0.2, 0) is 0 Å². The van der Waals surface area contributed by atoms with Crippen LogP contribution < -0.4 is 5.32 Å². The van der Waals surface area contributed by atoms with Crippen LogP contribution >= 0.6 is 15.9 Å². The second kappa shape index (κ2) is 5.13. The van der Waals surface area contributed by atoms with Crippen molar-refractivity contribution in [2.45, 2.75) is 39.2 Å². The van der Waals surface area contributed by atoms with Gasteiger partial charge in [-0.1, -0.05) is 13.8 Å². The number of hydrogen-bond donors (Lipinski definition) is 1. The van der Waals surface area contributed by atoms with Crippen LogP contribution in [0.15, 0.2) is 17.0 Å². The van der Waals surface area contributed by atoms with E-state index in [9.17, 15) is 0 Å². The van der Waals surface area contributed by atoms with E-state index in [-0.39, 0.29) is 0 Å². The van der Waals surface area contributed by atoms with E-state index in [2.05, 4.69) is 45.1 Å². The predicted molar refractivity (Wildman–Crippen MR) is 69.3 cm³/mol. The molecule has 4 heteroatoms. The molecule has 0 spiro atoms. The van der Waals surface area contributed by atoms with Gasteiger partial charge in [0.1, 0.15) is 16.7 Å². The van der Waals surface area contributed by atoms with E-state index in [1.165, 1.54) is 19.3 Å². The van der Waals surface area contributed by atoms with Crippen molar-refractivity contribution >= 4 is 21.7 Å². The summed E-state index contributed by atoms with van der Waals surface area (Å²) < 4.78 is 0.835. The van der Waals surface area contributed by atoms with Gasteiger partial charge in [0.15, 0.2) is 0 Å². The molecule has 1 saturated carbocycles. The molecule has 1 heterocycles. The van der Waals surface area contributed by atoms with E-state index in [1.54, 1.807) is 6.33 Å². The Kier molecular flexibility index (Phi) is 3.79. The molecular weight excluding hydrogens is 266 g/mol. The van der Waals surface area contributed by atoms with Crippen LogP contribution in [0.25, 0.3) is 0 Å². The highest BCUT2D eigenvalue weighted by Gasteiger charge is 2.25. The van der Waals surface area contributed by atoms with Crippen molar-refractivity contribution in [2.75, 3.05) is 5.32 Å². The zero-order valence-electron chi connectivity index (χ0n) is 9.78. The molecule has 88 valence electrons. The molecule has 0 radical (unpaired) electrons. The van der Waals surface area contributed by atoms with Crippen LogP contribution in [0.3, 0.4) is 0 Å². The minimum atomic E-state index is 0.554. The van der Waals surface area contributed by atoms with Crippen LogP contribution in [-0.4, -0.2) is 16.0 Å². The number of nitrogens with one attached hydrogen (secondary N) is 1. The zero-order valence-corrected chi connectivity index (χ0v) is 11.4. The fraction of sp³-hybridized carbons (Fsp3) is 0.667. The van der Waals surface area contributed by atoms with Crippen molar-refractivity contribution < 1.29 is 0 Å². The van der Waals surface area contributed by atoms with Crippen molar-refractivity contribution in [3.63, 3.8) is 0 Å². The number of anilines is 1. The van der Waals surface area contributed by atoms with Crippen molar-refractivity contribution in [3.8, 4) is 0 Å². The average molecular weight is 284 g/mol. The van der Waals surface area contributed by atoms with E-state index in [1.807, 2.05) is 6.07 Å². The first-order chi connectivity index (χ1) is 7.65. The fourth-order valence-corrected chi connectivity index (χ4v) is 2.79. The molecule has 3 atom stereocenters. The van der Waals surface area contributed by atoms with Gasteiger partial charge in [-0.05, 0) is 47.0 Å². The third-order valence-electron chi connectivity index (χ3n) is 3.40. The molecule has 3 nitrogen and oxygen atoms in total. The summed E-state index contributed by atoms with van der Waals surface area (Å²) in [6.07, 6.45) is 5.45. The molecule has 0 aliphatic heterocycles. The summed E-state index contributed by atoms with van der Waals surface area (Å²) >= 11 is 3.36. The minimum absolute atomic E-state index is 0.554. The Morgan fingerprint density at radius 3 is 2.81 bits per heavy atom. The summed E-state index contributed by atoms with van der Waals surface area (Å²) in [5.41, 5.74) is 0. The lowest BCUT2D eigenvalue weighted by atomic mass is 9.80. The maximum Gasteiger partial charge on any atom is 0.130 e. The van der Waals surface area contributed by atoms with Gasteiger partial charge in [-0.3, -0.25) is 0 Å². The summed E-state index contributed by atoms with van der Waals surface area (Å²) in [6, 6.07) is 2.49. The fourth-order valence-electron chi connectivity index (χ4n) is 2.48. The largest absolute Gasteiger partial charge is 0.367 e. The van der Waals surface area contributed by atoms with E-state index >= 15 is 0 Å². The summed E-state index contributed by atoms with van der Waals surface area (Å²) in [6.45, 7) is 4.66. The standard InChI is InChI=1S/C12H18BrN3/c1-8-3-4-10(9(2)5-8)16-12-6-11(13)14-7-15-12/h6-10H,3-5H2,1-2H3,(H,14,15,16). The van der Waals surface area contributed by atoms with Gasteiger partial charge >= 0.3 is 0 Å². The van der Waals surface area contributed by atoms with Crippen LogP contribution in [0.1, 0.15) is 33.1 Å². The molecule has 1 fully saturated rings. The number of hydrogen-bond acceptors (Lipinski definition) is 3. The number of rotatable bonds is 2. The molecule has 1 aliphatic rings. The van der Waals surface area contributed by atoms with Gasteiger partial charge in [-0.2, -0.15) is 0 Å². The van der Waals surface area contributed by atoms with Crippen LogP contribution in [0.5, 0.6) is 0 Å². The third-order valence-corrected chi connectivity index (χ3v) is 3.83. The van der Waals surface area contributed by atoms with Gasteiger partial charge in [0, 0.05) is 12.1 Å². The Morgan fingerprint density at radius 2 is 2.12 bits per heavy atom. The van der Waals surface area contributed by atoms with Crippen LogP contribution in [0.2, 0.25) is 0 Å². The van der Waals surface area contributed by atoms with E-state index in [0.717, 1.165) is 22.3 Å². The highest BCUT2D eigenvalue weighted by molar-refractivity contribution is 9.10. The van der Waals surface area contributed by atoms with Crippen molar-refractivity contribution in [1.82, 2.24) is 9.97 Å². The molecule has 1 N–H and O–H groups in total. The van der Waals surface area contributed by atoms with Gasteiger partial charge in [-0.15, -0.1) is 0 Å². The minimum Gasteiger partial charge on any atom is -0.367 e. The van der Waals surface area contributed by atoms with Crippen molar-refractivity contribution in [3.05, 3.63) is 17.0 Å². The lowest BCUT2D eigenvalue weighted by Gasteiger charge is -2.33. The SMILES string of the molecule is CC1CCC(Nc2cc(Br)ncn2)C(C)C1. The summed E-state index contributed by atoms with van der Waals surface area (Å²) in [4.78, 5) is 8.26. The van der Waals surface area contributed by atoms with Gasteiger partial charge < -0.3 is 5.32 Å². The van der Waals surface area contributed by atoms with Gasteiger partial charge in [0.25, 0.3) is 0 Å². The zero-order chi connectivity index (χ0) is 11.5. The lowest BCUT2D eigenvalue weighted by molar-refractivity contribution is 0.276. The first kappa shape index (κ1) is 11.8. The van der Waals surface area contributed by atoms with Gasteiger partial charge in [0.2, 0.25) is 0 Å². The highest BCUT2D eigenvalue weighted by atomic mass is 79.9. The second-order valence-corrected chi connectivity index (χ2v) is 5.68. The van der Waals surface area contributed by atoms with Gasteiger partial charge in [0.05, 0.1) is 0 Å². The lowest BCUT2D eigenvalue weighted by Crippen LogP contribution is -2.33. The maximum absolute atomic E-state index is 4.23. The number of aromatic nitrogens is 2. The normalized spacial score (nSPS) is 30.1. The van der Waals surface area contributed by atoms with E-state index in [4.69, 9.17) is 0 Å². The summed E-state index contributed by atoms with van der Waals surface area (Å²) in [7, 11) is 0.